The average molecular weight is 474 g/mol. The van der Waals surface area contributed by atoms with E-state index in [1.165, 1.54) is 22.9 Å². The van der Waals surface area contributed by atoms with Gasteiger partial charge in [-0.25, -0.2) is 9.78 Å². The molecule has 166 valence electrons. The van der Waals surface area contributed by atoms with Gasteiger partial charge in [0.05, 0.1) is 5.57 Å². The van der Waals surface area contributed by atoms with Crippen molar-refractivity contribution in [3.8, 4) is 0 Å². The zero-order valence-electron chi connectivity index (χ0n) is 16.8. The van der Waals surface area contributed by atoms with Gasteiger partial charge in [-0.2, -0.15) is 0 Å². The number of β-lactam (4-membered cyclic amide) rings is 1. The maximum atomic E-state index is 12.9. The summed E-state index contributed by atoms with van der Waals surface area (Å²) >= 11 is 2.42. The standard InChI is InChI=1S/C20H19N5O5S2/c1-10-2-4-11(5-3-10)7-30-24-14(13-9-32-20(21)22-13)16(26)23-15-17(27)25-6-12(19(28)29)8-31-18(15)25/h2-6,9,15,18H,7-8H2,1H3,(H2,21,22)(H,23,26)(H,28,29)/t15?,18-/m1/s1. The van der Waals surface area contributed by atoms with Crippen molar-refractivity contribution in [2.24, 2.45) is 5.16 Å². The SMILES string of the molecule is Cc1ccc(CON=C(C(=O)NC2C(=O)N3C=C(C(=O)O)CS[C@H]23)c2csc(N)n2)cc1. The number of carboxylic acid groups (broad SMARTS) is 1. The number of aryl methyl sites for hydroxylation is 1. The molecular formula is C20H19N5O5S2. The van der Waals surface area contributed by atoms with Crippen LogP contribution in [-0.2, 0) is 25.8 Å². The lowest BCUT2D eigenvalue weighted by atomic mass is 10.1. The first kappa shape index (κ1) is 21.8. The highest BCUT2D eigenvalue weighted by Crippen LogP contribution is 2.36. The molecule has 1 fully saturated rings. The van der Waals surface area contributed by atoms with Crippen LogP contribution in [0.4, 0.5) is 5.13 Å². The summed E-state index contributed by atoms with van der Waals surface area (Å²) in [5.41, 5.74) is 7.96. The van der Waals surface area contributed by atoms with Crippen LogP contribution >= 0.6 is 23.1 Å². The molecule has 2 aliphatic heterocycles. The second-order valence-corrected chi connectivity index (χ2v) is 9.12. The molecule has 2 atom stereocenters. The third-order valence-electron chi connectivity index (χ3n) is 4.83. The van der Waals surface area contributed by atoms with Gasteiger partial charge in [0.2, 0.25) is 0 Å². The first-order valence-electron chi connectivity index (χ1n) is 9.49. The van der Waals surface area contributed by atoms with E-state index in [-0.39, 0.29) is 39.8 Å². The van der Waals surface area contributed by atoms with Crippen molar-refractivity contribution in [2.45, 2.75) is 24.9 Å². The Morgan fingerprint density at radius 1 is 1.38 bits per heavy atom. The van der Waals surface area contributed by atoms with E-state index in [1.807, 2.05) is 31.2 Å². The number of nitrogens with one attached hydrogen (secondary N) is 1. The highest BCUT2D eigenvalue weighted by atomic mass is 32.2. The predicted octanol–water partition coefficient (Wildman–Crippen LogP) is 1.32. The summed E-state index contributed by atoms with van der Waals surface area (Å²) < 4.78 is 0. The molecule has 2 amide bonds. The van der Waals surface area contributed by atoms with Crippen molar-refractivity contribution >= 4 is 51.7 Å². The number of rotatable bonds is 7. The van der Waals surface area contributed by atoms with E-state index in [1.54, 1.807) is 5.38 Å². The largest absolute Gasteiger partial charge is 0.478 e. The van der Waals surface area contributed by atoms with E-state index < -0.39 is 23.8 Å². The van der Waals surface area contributed by atoms with Gasteiger partial charge in [0.1, 0.15) is 23.7 Å². The molecule has 32 heavy (non-hydrogen) atoms. The van der Waals surface area contributed by atoms with Crippen LogP contribution in [-0.4, -0.2) is 55.7 Å². The molecular weight excluding hydrogens is 454 g/mol. The van der Waals surface area contributed by atoms with E-state index in [9.17, 15) is 14.4 Å². The summed E-state index contributed by atoms with van der Waals surface area (Å²) in [5.74, 6) is -1.87. The number of nitrogens with two attached hydrogens (primary N) is 1. The molecule has 4 N–H and O–H groups in total. The minimum atomic E-state index is -1.07. The molecule has 10 nitrogen and oxygen atoms in total. The van der Waals surface area contributed by atoms with E-state index in [2.05, 4.69) is 15.5 Å². The molecule has 0 radical (unpaired) electrons. The minimum absolute atomic E-state index is 0.0983. The molecule has 4 rings (SSSR count). The number of fused-ring (bicyclic) bond motifs is 1. The summed E-state index contributed by atoms with van der Waals surface area (Å²) in [4.78, 5) is 47.3. The highest BCUT2D eigenvalue weighted by Gasteiger charge is 2.50. The van der Waals surface area contributed by atoms with Gasteiger partial charge in [-0.1, -0.05) is 35.0 Å². The van der Waals surface area contributed by atoms with E-state index in [0.29, 0.717) is 0 Å². The lowest BCUT2D eigenvalue weighted by molar-refractivity contribution is -0.144. The molecule has 0 saturated carbocycles. The van der Waals surface area contributed by atoms with Crippen LogP contribution in [0.15, 0.2) is 46.6 Å². The number of aromatic nitrogens is 1. The molecule has 0 spiro atoms. The first-order valence-corrected chi connectivity index (χ1v) is 11.4. The van der Waals surface area contributed by atoms with Crippen molar-refractivity contribution in [1.82, 2.24) is 15.2 Å². The third-order valence-corrected chi connectivity index (χ3v) is 6.83. The minimum Gasteiger partial charge on any atom is -0.478 e. The van der Waals surface area contributed by atoms with E-state index in [0.717, 1.165) is 22.5 Å². The number of nitrogen functional groups attached to an aromatic ring is 1. The van der Waals surface area contributed by atoms with Crippen LogP contribution in [0, 0.1) is 6.92 Å². The zero-order valence-corrected chi connectivity index (χ0v) is 18.5. The number of aliphatic carboxylic acids is 1. The average Bonchev–Trinajstić information content (AvgIpc) is 3.21. The van der Waals surface area contributed by atoms with E-state index in [4.69, 9.17) is 15.7 Å². The fraction of sp³-hybridized carbons (Fsp3) is 0.250. The van der Waals surface area contributed by atoms with Crippen LogP contribution in [0.3, 0.4) is 0 Å². The van der Waals surface area contributed by atoms with Gasteiger partial charge in [-0.05, 0) is 12.5 Å². The molecule has 1 aromatic heterocycles. The number of hydrogen-bond acceptors (Lipinski definition) is 9. The van der Waals surface area contributed by atoms with Crippen LogP contribution in [0.5, 0.6) is 0 Å². The summed E-state index contributed by atoms with van der Waals surface area (Å²) in [5, 5.41) is 17.2. The van der Waals surface area contributed by atoms with Crippen molar-refractivity contribution < 1.29 is 24.3 Å². The fourth-order valence-electron chi connectivity index (χ4n) is 3.10. The number of carbonyl (C=O) groups is 3. The monoisotopic (exact) mass is 473 g/mol. The summed E-state index contributed by atoms with van der Waals surface area (Å²) in [6.45, 7) is 2.12. The summed E-state index contributed by atoms with van der Waals surface area (Å²) in [6, 6.07) is 6.87. The Morgan fingerprint density at radius 3 is 2.78 bits per heavy atom. The van der Waals surface area contributed by atoms with Gasteiger partial charge >= 0.3 is 5.97 Å². The molecule has 1 unspecified atom stereocenters. The second-order valence-electron chi connectivity index (χ2n) is 7.13. The predicted molar refractivity (Wildman–Crippen MR) is 120 cm³/mol. The number of thiazole rings is 1. The molecule has 0 bridgehead atoms. The van der Waals surface area contributed by atoms with Gasteiger partial charge < -0.3 is 25.9 Å². The van der Waals surface area contributed by atoms with Gasteiger partial charge in [-0.15, -0.1) is 23.1 Å². The van der Waals surface area contributed by atoms with Crippen molar-refractivity contribution in [3.63, 3.8) is 0 Å². The number of anilines is 1. The number of carboxylic acids is 1. The first-order chi connectivity index (χ1) is 15.3. The number of carbonyl (C=O) groups excluding carboxylic acids is 2. The molecule has 1 saturated heterocycles. The molecule has 2 aromatic rings. The fourth-order valence-corrected chi connectivity index (χ4v) is 4.89. The van der Waals surface area contributed by atoms with Crippen molar-refractivity contribution in [1.29, 1.82) is 0 Å². The number of benzene rings is 1. The Kier molecular flexibility index (Phi) is 6.15. The third kappa shape index (κ3) is 4.46. The maximum absolute atomic E-state index is 12.9. The Balaban J connectivity index is 1.47. The zero-order chi connectivity index (χ0) is 22.8. The topological polar surface area (TPSA) is 147 Å². The number of hydrogen-bond donors (Lipinski definition) is 3. The van der Waals surface area contributed by atoms with Crippen LogP contribution in [0.2, 0.25) is 0 Å². The Morgan fingerprint density at radius 2 is 2.12 bits per heavy atom. The van der Waals surface area contributed by atoms with Crippen LogP contribution in [0.25, 0.3) is 0 Å². The Labute approximate surface area is 191 Å². The van der Waals surface area contributed by atoms with Crippen LogP contribution < -0.4 is 11.1 Å². The number of thioether (sulfide) groups is 1. The summed E-state index contributed by atoms with van der Waals surface area (Å²) in [7, 11) is 0. The molecule has 2 aliphatic rings. The molecule has 12 heteroatoms. The molecule has 1 aromatic carbocycles. The lowest BCUT2D eigenvalue weighted by Gasteiger charge is -2.46. The number of oxime groups is 1. The normalized spacial score (nSPS) is 20.2. The smallest absolute Gasteiger partial charge is 0.333 e. The highest BCUT2D eigenvalue weighted by molar-refractivity contribution is 8.00. The quantitative estimate of drug-likeness (QED) is 0.310. The Hall–Kier alpha value is -3.38. The number of amides is 2. The maximum Gasteiger partial charge on any atom is 0.333 e. The van der Waals surface area contributed by atoms with Gasteiger partial charge in [-0.3, -0.25) is 9.59 Å². The Bertz CT molecular complexity index is 1130. The second kappa shape index (κ2) is 9.01. The summed E-state index contributed by atoms with van der Waals surface area (Å²) in [6.07, 6.45) is 1.31. The molecule has 0 aliphatic carbocycles. The van der Waals surface area contributed by atoms with Crippen LogP contribution in [0.1, 0.15) is 16.8 Å². The van der Waals surface area contributed by atoms with Crippen molar-refractivity contribution in [2.75, 3.05) is 11.5 Å². The van der Waals surface area contributed by atoms with E-state index >= 15 is 0 Å². The van der Waals surface area contributed by atoms with Gasteiger partial charge in [0, 0.05) is 17.3 Å². The van der Waals surface area contributed by atoms with Gasteiger partial charge in [0.15, 0.2) is 10.8 Å². The molecule has 3 heterocycles. The number of nitrogens with zero attached hydrogens (tertiary/aromatic N) is 3. The van der Waals surface area contributed by atoms with Crippen molar-refractivity contribution in [3.05, 3.63) is 58.2 Å². The lowest BCUT2D eigenvalue weighted by Crippen LogP contribution is -2.69. The van der Waals surface area contributed by atoms with Gasteiger partial charge in [0.25, 0.3) is 11.8 Å².